The van der Waals surface area contributed by atoms with Gasteiger partial charge < -0.3 is 20.9 Å². The molecule has 0 saturated carbocycles. The summed E-state index contributed by atoms with van der Waals surface area (Å²) >= 11 is 0. The summed E-state index contributed by atoms with van der Waals surface area (Å²) in [5.74, 6) is -2.05. The van der Waals surface area contributed by atoms with Crippen LogP contribution in [0, 0.1) is 0 Å². The van der Waals surface area contributed by atoms with E-state index in [4.69, 9.17) is 5.73 Å². The number of nitrogens with one attached hydrogen (secondary N) is 1. The highest BCUT2D eigenvalue weighted by molar-refractivity contribution is 5.89. The first-order chi connectivity index (χ1) is 9.95. The van der Waals surface area contributed by atoms with Gasteiger partial charge in [0.2, 0.25) is 5.91 Å². The highest BCUT2D eigenvalue weighted by atomic mass is 16.5. The molecule has 0 radical (unpaired) electrons. The molecule has 0 fully saturated rings. The van der Waals surface area contributed by atoms with Gasteiger partial charge in [-0.05, 0) is 12.0 Å². The minimum absolute atomic E-state index is 0.00918. The fourth-order valence-corrected chi connectivity index (χ4v) is 1.69. The highest BCUT2D eigenvalue weighted by Crippen LogP contribution is 2.12. The van der Waals surface area contributed by atoms with Gasteiger partial charge in [0.05, 0.1) is 7.11 Å². The molecule has 21 heavy (non-hydrogen) atoms. The fourth-order valence-electron chi connectivity index (χ4n) is 1.69. The Morgan fingerprint density at radius 3 is 2.43 bits per heavy atom. The van der Waals surface area contributed by atoms with Crippen LogP contribution in [-0.2, 0) is 19.1 Å². The predicted octanol–water partition coefficient (Wildman–Crippen LogP) is -0.357. The molecule has 7 heteroatoms. The van der Waals surface area contributed by atoms with E-state index < -0.39 is 29.9 Å². The third-order valence-electron chi connectivity index (χ3n) is 2.89. The van der Waals surface area contributed by atoms with Gasteiger partial charge >= 0.3 is 5.97 Å². The van der Waals surface area contributed by atoms with Gasteiger partial charge in [-0.15, -0.1) is 0 Å². The van der Waals surface area contributed by atoms with Crippen LogP contribution in [-0.4, -0.2) is 36.0 Å². The summed E-state index contributed by atoms with van der Waals surface area (Å²) in [6.45, 7) is 0. The first kappa shape index (κ1) is 16.6. The Balaban J connectivity index is 2.64. The number of esters is 1. The van der Waals surface area contributed by atoms with E-state index in [1.54, 1.807) is 30.3 Å². The van der Waals surface area contributed by atoms with E-state index in [1.165, 1.54) is 7.11 Å². The zero-order chi connectivity index (χ0) is 15.8. The Hall–Kier alpha value is -2.41. The first-order valence-corrected chi connectivity index (χ1v) is 6.35. The Morgan fingerprint density at radius 2 is 1.90 bits per heavy atom. The zero-order valence-corrected chi connectivity index (χ0v) is 11.6. The summed E-state index contributed by atoms with van der Waals surface area (Å²) in [6.07, 6.45) is -1.47. The number of carbonyl (C=O) groups excluding carboxylic acids is 3. The summed E-state index contributed by atoms with van der Waals surface area (Å²) in [5.41, 5.74) is 5.56. The molecule has 2 amide bonds. The van der Waals surface area contributed by atoms with Crippen LogP contribution < -0.4 is 11.1 Å². The van der Waals surface area contributed by atoms with E-state index in [0.29, 0.717) is 5.56 Å². The maximum Gasteiger partial charge on any atom is 0.305 e. The largest absolute Gasteiger partial charge is 0.469 e. The van der Waals surface area contributed by atoms with Crippen LogP contribution in [0.3, 0.4) is 0 Å². The third-order valence-corrected chi connectivity index (χ3v) is 2.89. The molecular formula is C14H18N2O5. The maximum atomic E-state index is 11.9. The van der Waals surface area contributed by atoms with Crippen molar-refractivity contribution in [2.24, 2.45) is 5.73 Å². The molecule has 1 rings (SSSR count). The Labute approximate surface area is 122 Å². The number of rotatable bonds is 7. The number of amides is 2. The normalized spacial score (nSPS) is 13.0. The van der Waals surface area contributed by atoms with E-state index in [2.05, 4.69) is 10.1 Å². The number of aliphatic hydroxyl groups is 1. The smallest absolute Gasteiger partial charge is 0.305 e. The molecule has 0 aliphatic carbocycles. The van der Waals surface area contributed by atoms with Crippen molar-refractivity contribution < 1.29 is 24.2 Å². The number of aliphatic hydroxyl groups excluding tert-OH is 1. The van der Waals surface area contributed by atoms with E-state index in [1.807, 2.05) is 0 Å². The van der Waals surface area contributed by atoms with Gasteiger partial charge in [0.15, 0.2) is 6.10 Å². The predicted molar refractivity (Wildman–Crippen MR) is 73.8 cm³/mol. The highest BCUT2D eigenvalue weighted by Gasteiger charge is 2.24. The Bertz CT molecular complexity index is 503. The summed E-state index contributed by atoms with van der Waals surface area (Å²) in [6, 6.07) is 7.21. The monoisotopic (exact) mass is 294 g/mol. The quantitative estimate of drug-likeness (QED) is 0.594. The molecule has 0 aliphatic heterocycles. The van der Waals surface area contributed by atoms with E-state index >= 15 is 0 Å². The molecule has 0 saturated heterocycles. The number of methoxy groups -OCH3 is 1. The van der Waals surface area contributed by atoms with Gasteiger partial charge in [0.25, 0.3) is 5.91 Å². The average Bonchev–Trinajstić information content (AvgIpc) is 2.50. The van der Waals surface area contributed by atoms with Gasteiger partial charge in [-0.2, -0.15) is 0 Å². The van der Waals surface area contributed by atoms with Crippen molar-refractivity contribution in [2.45, 2.75) is 25.0 Å². The Morgan fingerprint density at radius 1 is 1.29 bits per heavy atom. The van der Waals surface area contributed by atoms with Crippen LogP contribution in [0.2, 0.25) is 0 Å². The van der Waals surface area contributed by atoms with Crippen molar-refractivity contribution in [1.29, 1.82) is 0 Å². The fraction of sp³-hybridized carbons (Fsp3) is 0.357. The Kier molecular flexibility index (Phi) is 6.35. The van der Waals surface area contributed by atoms with E-state index in [0.717, 1.165) is 0 Å². The molecule has 114 valence electrons. The molecule has 0 spiro atoms. The number of benzene rings is 1. The topological polar surface area (TPSA) is 119 Å². The van der Waals surface area contributed by atoms with Crippen molar-refractivity contribution in [2.75, 3.05) is 7.11 Å². The molecule has 4 N–H and O–H groups in total. The molecular weight excluding hydrogens is 276 g/mol. The second kappa shape index (κ2) is 8.01. The molecule has 0 bridgehead atoms. The average molecular weight is 294 g/mol. The van der Waals surface area contributed by atoms with Gasteiger partial charge in [-0.1, -0.05) is 30.3 Å². The second-order valence-electron chi connectivity index (χ2n) is 4.39. The number of nitrogens with two attached hydrogens (primary N) is 1. The number of hydrogen-bond acceptors (Lipinski definition) is 5. The van der Waals surface area contributed by atoms with E-state index in [-0.39, 0.29) is 12.8 Å². The van der Waals surface area contributed by atoms with Crippen LogP contribution >= 0.6 is 0 Å². The number of hydrogen-bond donors (Lipinski definition) is 3. The molecule has 0 unspecified atom stereocenters. The lowest BCUT2D eigenvalue weighted by Gasteiger charge is -2.17. The molecule has 0 aromatic heterocycles. The van der Waals surface area contributed by atoms with Crippen LogP contribution in [0.1, 0.15) is 24.5 Å². The summed E-state index contributed by atoms with van der Waals surface area (Å²) in [4.78, 5) is 34.2. The van der Waals surface area contributed by atoms with Crippen LogP contribution in [0.5, 0.6) is 0 Å². The van der Waals surface area contributed by atoms with Gasteiger partial charge in [0, 0.05) is 6.42 Å². The lowest BCUT2D eigenvalue weighted by Crippen LogP contribution is -2.46. The maximum absolute atomic E-state index is 11.9. The van der Waals surface area contributed by atoms with Crippen LogP contribution in [0.25, 0.3) is 0 Å². The minimum Gasteiger partial charge on any atom is -0.469 e. The van der Waals surface area contributed by atoms with Gasteiger partial charge in [-0.25, -0.2) is 0 Å². The van der Waals surface area contributed by atoms with Crippen molar-refractivity contribution >= 4 is 17.8 Å². The lowest BCUT2D eigenvalue weighted by molar-refractivity contribution is -0.141. The van der Waals surface area contributed by atoms with Gasteiger partial charge in [0.1, 0.15) is 6.04 Å². The first-order valence-electron chi connectivity index (χ1n) is 6.35. The molecule has 0 aliphatic rings. The van der Waals surface area contributed by atoms with Gasteiger partial charge in [-0.3, -0.25) is 14.4 Å². The van der Waals surface area contributed by atoms with E-state index in [9.17, 15) is 19.5 Å². The zero-order valence-electron chi connectivity index (χ0n) is 11.6. The molecule has 2 atom stereocenters. The lowest BCUT2D eigenvalue weighted by atomic mass is 10.1. The molecule has 0 heterocycles. The second-order valence-corrected chi connectivity index (χ2v) is 4.39. The minimum atomic E-state index is -1.41. The van der Waals surface area contributed by atoms with Crippen molar-refractivity contribution in [3.05, 3.63) is 35.9 Å². The van der Waals surface area contributed by atoms with Crippen molar-refractivity contribution in [3.8, 4) is 0 Å². The molecule has 7 nitrogen and oxygen atoms in total. The summed E-state index contributed by atoms with van der Waals surface area (Å²) < 4.78 is 4.45. The summed E-state index contributed by atoms with van der Waals surface area (Å²) in [7, 11) is 1.22. The van der Waals surface area contributed by atoms with Crippen LogP contribution in [0.15, 0.2) is 30.3 Å². The third kappa shape index (κ3) is 5.23. The van der Waals surface area contributed by atoms with Crippen molar-refractivity contribution in [3.63, 3.8) is 0 Å². The number of primary amides is 1. The summed E-state index contributed by atoms with van der Waals surface area (Å²) in [5, 5.41) is 12.2. The number of carbonyl (C=O) groups is 3. The SMILES string of the molecule is COC(=O)CC[C@H](NC(=O)[C@@H](O)c1ccccc1)C(N)=O. The molecule has 1 aromatic carbocycles. The standard InChI is InChI=1S/C14H18N2O5/c1-21-11(17)8-7-10(13(15)19)16-14(20)12(18)9-5-3-2-4-6-9/h2-6,10,12,18H,7-8H2,1H3,(H2,15,19)(H,16,20)/t10-,12-/m0/s1. The van der Waals surface area contributed by atoms with Crippen LogP contribution in [0.4, 0.5) is 0 Å². The van der Waals surface area contributed by atoms with Crippen molar-refractivity contribution in [1.82, 2.24) is 5.32 Å². The molecule has 1 aromatic rings. The number of ether oxygens (including phenoxy) is 1.